The van der Waals surface area contributed by atoms with Gasteiger partial charge in [0.25, 0.3) is 0 Å². The average Bonchev–Trinajstić information content (AvgIpc) is 2.15. The Kier molecular flexibility index (Phi) is 4.23. The van der Waals surface area contributed by atoms with Gasteiger partial charge < -0.3 is 0 Å². The Labute approximate surface area is 90.8 Å². The quantitative estimate of drug-likeness (QED) is 0.816. The van der Waals surface area contributed by atoms with Crippen molar-refractivity contribution in [3.05, 3.63) is 30.1 Å². The number of rotatable bonds is 5. The first-order chi connectivity index (χ1) is 6.99. The molecule has 0 bridgehead atoms. The summed E-state index contributed by atoms with van der Waals surface area (Å²) in [6.45, 7) is 3.62. The molecule has 0 aliphatic heterocycles. The fourth-order valence-electron chi connectivity index (χ4n) is 1.22. The van der Waals surface area contributed by atoms with Crippen molar-refractivity contribution >= 4 is 10.0 Å². The van der Waals surface area contributed by atoms with E-state index < -0.39 is 10.0 Å². The zero-order valence-corrected chi connectivity index (χ0v) is 9.79. The molecule has 0 radical (unpaired) electrons. The van der Waals surface area contributed by atoms with Crippen molar-refractivity contribution < 1.29 is 8.42 Å². The van der Waals surface area contributed by atoms with E-state index in [0.717, 1.165) is 5.56 Å². The van der Waals surface area contributed by atoms with Crippen molar-refractivity contribution in [2.75, 3.05) is 5.75 Å². The maximum absolute atomic E-state index is 11.5. The maximum Gasteiger partial charge on any atom is 0.212 e. The zero-order chi connectivity index (χ0) is 11.3. The third-order valence-electron chi connectivity index (χ3n) is 1.82. The van der Waals surface area contributed by atoms with Gasteiger partial charge in [-0.15, -0.1) is 0 Å². The van der Waals surface area contributed by atoms with Gasteiger partial charge in [0.15, 0.2) is 0 Å². The van der Waals surface area contributed by atoms with E-state index in [-0.39, 0.29) is 11.8 Å². The van der Waals surface area contributed by atoms with Crippen molar-refractivity contribution in [3.8, 4) is 0 Å². The van der Waals surface area contributed by atoms with E-state index in [1.165, 1.54) is 0 Å². The van der Waals surface area contributed by atoms with Crippen molar-refractivity contribution in [1.29, 1.82) is 0 Å². The average molecular weight is 228 g/mol. The van der Waals surface area contributed by atoms with E-state index >= 15 is 0 Å². The summed E-state index contributed by atoms with van der Waals surface area (Å²) in [6.07, 6.45) is 3.85. The van der Waals surface area contributed by atoms with Crippen LogP contribution in [0.1, 0.15) is 19.4 Å². The molecule has 1 aromatic rings. The molecule has 0 atom stereocenters. The molecule has 0 fully saturated rings. The van der Waals surface area contributed by atoms with Crippen LogP contribution in [0.25, 0.3) is 0 Å². The number of hydrogen-bond acceptors (Lipinski definition) is 3. The topological polar surface area (TPSA) is 59.1 Å². The summed E-state index contributed by atoms with van der Waals surface area (Å²) in [7, 11) is -3.15. The van der Waals surface area contributed by atoms with Gasteiger partial charge in [-0.2, -0.15) is 0 Å². The van der Waals surface area contributed by atoms with Crippen LogP contribution >= 0.6 is 0 Å². The van der Waals surface area contributed by atoms with Crippen LogP contribution in [0.4, 0.5) is 0 Å². The van der Waals surface area contributed by atoms with E-state index in [2.05, 4.69) is 9.71 Å². The normalized spacial score (nSPS) is 11.9. The molecule has 0 aliphatic carbocycles. The second kappa shape index (κ2) is 5.23. The van der Waals surface area contributed by atoms with Crippen molar-refractivity contribution in [1.82, 2.24) is 9.71 Å². The van der Waals surface area contributed by atoms with Crippen LogP contribution in [0.3, 0.4) is 0 Å². The van der Waals surface area contributed by atoms with E-state index in [1.807, 2.05) is 26.0 Å². The van der Waals surface area contributed by atoms with Crippen LogP contribution in [0.15, 0.2) is 24.5 Å². The summed E-state index contributed by atoms with van der Waals surface area (Å²) in [4.78, 5) is 3.87. The highest BCUT2D eigenvalue weighted by molar-refractivity contribution is 7.89. The molecule has 0 unspecified atom stereocenters. The molecular formula is C10H16N2O2S. The van der Waals surface area contributed by atoms with E-state index in [1.54, 1.807) is 12.4 Å². The second-order valence-corrected chi connectivity index (χ2v) is 5.57. The summed E-state index contributed by atoms with van der Waals surface area (Å²) in [5, 5.41) is 0. The number of nitrogens with zero attached hydrogens (tertiary/aromatic N) is 1. The largest absolute Gasteiger partial charge is 0.265 e. The van der Waals surface area contributed by atoms with Crippen LogP contribution in [-0.4, -0.2) is 25.2 Å². The predicted octanol–water partition coefficient (Wildman–Crippen LogP) is 0.952. The smallest absolute Gasteiger partial charge is 0.212 e. The highest BCUT2D eigenvalue weighted by Crippen LogP contribution is 2.00. The summed E-state index contributed by atoms with van der Waals surface area (Å²) in [6, 6.07) is 3.60. The molecule has 5 heteroatoms. The number of aromatic nitrogens is 1. The standard InChI is InChI=1S/C10H16N2O2S/c1-9(2)12-15(13,14)8-5-10-3-6-11-7-4-10/h3-4,6-7,9,12H,5,8H2,1-2H3. The lowest BCUT2D eigenvalue weighted by atomic mass is 10.2. The Bertz CT molecular complexity index is 387. The third-order valence-corrected chi connectivity index (χ3v) is 3.40. The Morgan fingerprint density at radius 2 is 1.93 bits per heavy atom. The van der Waals surface area contributed by atoms with E-state index in [4.69, 9.17) is 0 Å². The third kappa shape index (κ3) is 4.90. The van der Waals surface area contributed by atoms with Gasteiger partial charge in [-0.05, 0) is 38.0 Å². The van der Waals surface area contributed by atoms with Gasteiger partial charge in [-0.3, -0.25) is 4.98 Å². The lowest BCUT2D eigenvalue weighted by Crippen LogP contribution is -2.32. The predicted molar refractivity (Wildman–Crippen MR) is 60.0 cm³/mol. The number of aryl methyl sites for hydroxylation is 1. The summed E-state index contributed by atoms with van der Waals surface area (Å²) in [5.41, 5.74) is 0.985. The maximum atomic E-state index is 11.5. The first-order valence-corrected chi connectivity index (χ1v) is 6.54. The molecule has 0 saturated carbocycles. The molecule has 0 spiro atoms. The van der Waals surface area contributed by atoms with Gasteiger partial charge in [0, 0.05) is 18.4 Å². The summed E-state index contributed by atoms with van der Waals surface area (Å²) < 4.78 is 25.5. The minimum absolute atomic E-state index is 0.0487. The van der Waals surface area contributed by atoms with Gasteiger partial charge in [0.1, 0.15) is 0 Å². The SMILES string of the molecule is CC(C)NS(=O)(=O)CCc1ccncc1. The molecule has 1 N–H and O–H groups in total. The molecule has 0 amide bonds. The van der Waals surface area contributed by atoms with Crippen molar-refractivity contribution in [2.24, 2.45) is 0 Å². The molecule has 15 heavy (non-hydrogen) atoms. The summed E-state index contributed by atoms with van der Waals surface area (Å²) in [5.74, 6) is 0.120. The van der Waals surface area contributed by atoms with Crippen molar-refractivity contribution in [2.45, 2.75) is 26.3 Å². The Morgan fingerprint density at radius 1 is 1.33 bits per heavy atom. The number of nitrogens with one attached hydrogen (secondary N) is 1. The lowest BCUT2D eigenvalue weighted by molar-refractivity contribution is 0.569. The Morgan fingerprint density at radius 3 is 2.47 bits per heavy atom. The molecule has 84 valence electrons. The molecule has 1 rings (SSSR count). The van der Waals surface area contributed by atoms with Gasteiger partial charge >= 0.3 is 0 Å². The summed E-state index contributed by atoms with van der Waals surface area (Å²) >= 11 is 0. The highest BCUT2D eigenvalue weighted by atomic mass is 32.2. The molecule has 4 nitrogen and oxygen atoms in total. The Hall–Kier alpha value is -0.940. The number of hydrogen-bond donors (Lipinski definition) is 1. The number of pyridine rings is 1. The van der Waals surface area contributed by atoms with Gasteiger partial charge in [-0.1, -0.05) is 0 Å². The first-order valence-electron chi connectivity index (χ1n) is 4.88. The molecule has 0 aliphatic rings. The molecule has 0 aromatic carbocycles. The molecule has 0 saturated heterocycles. The molecule has 1 aromatic heterocycles. The van der Waals surface area contributed by atoms with Crippen LogP contribution in [0, 0.1) is 0 Å². The monoisotopic (exact) mass is 228 g/mol. The van der Waals surface area contributed by atoms with Crippen molar-refractivity contribution in [3.63, 3.8) is 0 Å². The van der Waals surface area contributed by atoms with Crippen LogP contribution in [-0.2, 0) is 16.4 Å². The number of sulfonamides is 1. The Balaban J connectivity index is 2.50. The minimum atomic E-state index is -3.15. The second-order valence-electron chi connectivity index (χ2n) is 3.70. The van der Waals surface area contributed by atoms with E-state index in [9.17, 15) is 8.42 Å². The molecular weight excluding hydrogens is 212 g/mol. The van der Waals surface area contributed by atoms with E-state index in [0.29, 0.717) is 6.42 Å². The van der Waals surface area contributed by atoms with Gasteiger partial charge in [-0.25, -0.2) is 13.1 Å². The lowest BCUT2D eigenvalue weighted by Gasteiger charge is -2.08. The van der Waals surface area contributed by atoms with Crippen LogP contribution in [0.5, 0.6) is 0 Å². The first kappa shape index (κ1) is 12.1. The van der Waals surface area contributed by atoms with Crippen LogP contribution < -0.4 is 4.72 Å². The fraction of sp³-hybridized carbons (Fsp3) is 0.500. The van der Waals surface area contributed by atoms with Gasteiger partial charge in [0.2, 0.25) is 10.0 Å². The minimum Gasteiger partial charge on any atom is -0.265 e. The fourth-order valence-corrected chi connectivity index (χ4v) is 2.56. The van der Waals surface area contributed by atoms with Gasteiger partial charge in [0.05, 0.1) is 5.75 Å². The zero-order valence-electron chi connectivity index (χ0n) is 8.97. The van der Waals surface area contributed by atoms with Crippen LogP contribution in [0.2, 0.25) is 0 Å². The molecule has 1 heterocycles. The highest BCUT2D eigenvalue weighted by Gasteiger charge is 2.11.